The van der Waals surface area contributed by atoms with E-state index in [2.05, 4.69) is 10.2 Å². The lowest BCUT2D eigenvalue weighted by atomic mass is 9.93. The molecule has 0 bridgehead atoms. The summed E-state index contributed by atoms with van der Waals surface area (Å²) in [5, 5.41) is 9.55. The monoisotopic (exact) mass is 306 g/mol. The second kappa shape index (κ2) is 5.85. The van der Waals surface area contributed by atoms with Crippen molar-refractivity contribution in [2.24, 2.45) is 5.92 Å². The molecule has 1 amide bonds. The molecule has 1 N–H and O–H groups in total. The van der Waals surface area contributed by atoms with Crippen LogP contribution in [0.4, 0.5) is 0 Å². The number of rotatable bonds is 3. The van der Waals surface area contributed by atoms with Crippen molar-refractivity contribution in [3.63, 3.8) is 0 Å². The van der Waals surface area contributed by atoms with Gasteiger partial charge in [-0.05, 0) is 36.3 Å². The number of hydrogen-bond acceptors (Lipinski definition) is 4. The summed E-state index contributed by atoms with van der Waals surface area (Å²) in [5.41, 5.74) is -0.186. The predicted molar refractivity (Wildman–Crippen MR) is 80.7 cm³/mol. The number of aromatic amines is 1. The third kappa shape index (κ3) is 2.92. The van der Waals surface area contributed by atoms with Crippen molar-refractivity contribution in [2.45, 2.75) is 26.2 Å². The van der Waals surface area contributed by atoms with E-state index in [1.165, 1.54) is 11.3 Å². The molecule has 1 aliphatic rings. The zero-order valence-corrected chi connectivity index (χ0v) is 12.7. The minimum absolute atomic E-state index is 0.142. The topological polar surface area (TPSA) is 71.0 Å². The van der Waals surface area contributed by atoms with Crippen LogP contribution >= 0.6 is 11.3 Å². The Labute approximate surface area is 126 Å². The smallest absolute Gasteiger partial charge is 0.343 e. The van der Waals surface area contributed by atoms with Crippen LogP contribution in [-0.4, -0.2) is 38.7 Å². The van der Waals surface area contributed by atoms with E-state index in [1.807, 2.05) is 22.4 Å². The molecule has 1 aliphatic heterocycles. The Morgan fingerprint density at radius 1 is 1.48 bits per heavy atom. The quantitative estimate of drug-likeness (QED) is 0.932. The first-order valence-electron chi connectivity index (χ1n) is 7.11. The number of likely N-dealkylation sites (tertiary alicyclic amines) is 1. The Morgan fingerprint density at radius 2 is 2.24 bits per heavy atom. The molecule has 6 nitrogen and oxygen atoms in total. The van der Waals surface area contributed by atoms with Crippen LogP contribution in [-0.2, 0) is 11.2 Å². The second-order valence-electron chi connectivity index (χ2n) is 5.39. The van der Waals surface area contributed by atoms with Gasteiger partial charge in [-0.15, -0.1) is 11.3 Å². The predicted octanol–water partition coefficient (Wildman–Crippen LogP) is 1.42. The van der Waals surface area contributed by atoms with Crippen LogP contribution in [0.2, 0.25) is 0 Å². The number of H-pyrrole nitrogens is 1. The van der Waals surface area contributed by atoms with Gasteiger partial charge in [0.15, 0.2) is 0 Å². The molecule has 2 aromatic heterocycles. The van der Waals surface area contributed by atoms with Gasteiger partial charge in [0.1, 0.15) is 10.8 Å². The molecule has 3 heterocycles. The van der Waals surface area contributed by atoms with Crippen LogP contribution in [0.1, 0.15) is 25.6 Å². The standard InChI is InChI=1S/C14H18N4O2S/c1-10(19)17-6-4-11(5-7-17)9-12-15-16-14(20)18(12)13-3-2-8-21-13/h2-3,8,11H,4-7,9H2,1H3,(H,16,20). The summed E-state index contributed by atoms with van der Waals surface area (Å²) in [6.07, 6.45) is 2.69. The number of carbonyl (C=O) groups excluding carboxylic acids is 1. The third-order valence-corrected chi connectivity index (χ3v) is 4.85. The van der Waals surface area contributed by atoms with Gasteiger partial charge >= 0.3 is 5.69 Å². The molecule has 0 aliphatic carbocycles. The molecule has 0 aromatic carbocycles. The Kier molecular flexibility index (Phi) is 3.92. The lowest BCUT2D eigenvalue weighted by molar-refractivity contribution is -0.130. The fraction of sp³-hybridized carbons (Fsp3) is 0.500. The molecule has 0 unspecified atom stereocenters. The maximum absolute atomic E-state index is 11.9. The molecule has 1 saturated heterocycles. The first kappa shape index (κ1) is 14.1. The van der Waals surface area contributed by atoms with Gasteiger partial charge in [-0.1, -0.05) is 0 Å². The third-order valence-electron chi connectivity index (χ3n) is 4.00. The van der Waals surface area contributed by atoms with Gasteiger partial charge in [0, 0.05) is 26.4 Å². The fourth-order valence-electron chi connectivity index (χ4n) is 2.80. The van der Waals surface area contributed by atoms with E-state index in [0.717, 1.165) is 43.2 Å². The van der Waals surface area contributed by atoms with Crippen LogP contribution in [0.5, 0.6) is 0 Å². The second-order valence-corrected chi connectivity index (χ2v) is 6.31. The van der Waals surface area contributed by atoms with E-state index in [4.69, 9.17) is 0 Å². The van der Waals surface area contributed by atoms with Gasteiger partial charge < -0.3 is 4.90 Å². The number of piperidine rings is 1. The number of amides is 1. The van der Waals surface area contributed by atoms with Gasteiger partial charge in [0.2, 0.25) is 5.91 Å². The number of nitrogens with one attached hydrogen (secondary N) is 1. The minimum atomic E-state index is -0.186. The lowest BCUT2D eigenvalue weighted by Gasteiger charge is -2.31. The Bertz CT molecular complexity index is 665. The van der Waals surface area contributed by atoms with Crippen molar-refractivity contribution in [1.29, 1.82) is 0 Å². The summed E-state index contributed by atoms with van der Waals surface area (Å²) in [6, 6.07) is 3.85. The molecule has 0 spiro atoms. The highest BCUT2D eigenvalue weighted by Crippen LogP contribution is 2.22. The SMILES string of the molecule is CC(=O)N1CCC(Cc2n[nH]c(=O)n2-c2cccs2)CC1. The van der Waals surface area contributed by atoms with E-state index >= 15 is 0 Å². The van der Waals surface area contributed by atoms with Gasteiger partial charge in [-0.2, -0.15) is 5.10 Å². The maximum Gasteiger partial charge on any atom is 0.348 e. The largest absolute Gasteiger partial charge is 0.348 e. The van der Waals surface area contributed by atoms with Crippen molar-refractivity contribution in [3.8, 4) is 5.00 Å². The number of nitrogens with zero attached hydrogens (tertiary/aromatic N) is 3. The Hall–Kier alpha value is -1.89. The van der Waals surface area contributed by atoms with E-state index < -0.39 is 0 Å². The van der Waals surface area contributed by atoms with Crippen molar-refractivity contribution < 1.29 is 4.79 Å². The molecule has 0 saturated carbocycles. The molecule has 0 atom stereocenters. The Morgan fingerprint density at radius 3 is 2.86 bits per heavy atom. The van der Waals surface area contributed by atoms with Crippen molar-refractivity contribution in [2.75, 3.05) is 13.1 Å². The van der Waals surface area contributed by atoms with E-state index in [9.17, 15) is 9.59 Å². The molecule has 0 radical (unpaired) electrons. The van der Waals surface area contributed by atoms with E-state index in [1.54, 1.807) is 11.5 Å². The summed E-state index contributed by atoms with van der Waals surface area (Å²) in [6.45, 7) is 3.21. The van der Waals surface area contributed by atoms with E-state index in [0.29, 0.717) is 5.92 Å². The molecule has 1 fully saturated rings. The highest BCUT2D eigenvalue weighted by Gasteiger charge is 2.23. The first-order chi connectivity index (χ1) is 10.1. The zero-order chi connectivity index (χ0) is 14.8. The number of thiophene rings is 1. The van der Waals surface area contributed by atoms with Crippen molar-refractivity contribution in [3.05, 3.63) is 33.8 Å². The summed E-state index contributed by atoms with van der Waals surface area (Å²) in [7, 11) is 0. The van der Waals surface area contributed by atoms with Crippen molar-refractivity contribution in [1.82, 2.24) is 19.7 Å². The number of hydrogen-bond donors (Lipinski definition) is 1. The van der Waals surface area contributed by atoms with Crippen LogP contribution < -0.4 is 5.69 Å². The van der Waals surface area contributed by atoms with Crippen LogP contribution in [0.3, 0.4) is 0 Å². The average molecular weight is 306 g/mol. The van der Waals surface area contributed by atoms with Crippen LogP contribution in [0.15, 0.2) is 22.3 Å². The van der Waals surface area contributed by atoms with Crippen molar-refractivity contribution >= 4 is 17.2 Å². The summed E-state index contributed by atoms with van der Waals surface area (Å²) in [4.78, 5) is 25.1. The normalized spacial score (nSPS) is 16.3. The maximum atomic E-state index is 11.9. The van der Waals surface area contributed by atoms with Crippen LogP contribution in [0.25, 0.3) is 5.00 Å². The first-order valence-corrected chi connectivity index (χ1v) is 7.99. The number of carbonyl (C=O) groups is 1. The van der Waals surface area contributed by atoms with E-state index in [-0.39, 0.29) is 11.6 Å². The molecule has 3 rings (SSSR count). The zero-order valence-electron chi connectivity index (χ0n) is 11.9. The van der Waals surface area contributed by atoms with Gasteiger partial charge in [0.25, 0.3) is 0 Å². The highest BCUT2D eigenvalue weighted by atomic mass is 32.1. The molecule has 7 heteroatoms. The molecular weight excluding hydrogens is 288 g/mol. The molecule has 2 aromatic rings. The average Bonchev–Trinajstić information content (AvgIpc) is 3.09. The summed E-state index contributed by atoms with van der Waals surface area (Å²) in [5.74, 6) is 1.39. The molecule has 21 heavy (non-hydrogen) atoms. The fourth-order valence-corrected chi connectivity index (χ4v) is 3.55. The van der Waals surface area contributed by atoms with Gasteiger partial charge in [0.05, 0.1) is 0 Å². The lowest BCUT2D eigenvalue weighted by Crippen LogP contribution is -2.37. The Balaban J connectivity index is 1.72. The number of aromatic nitrogens is 3. The molecular formula is C14H18N4O2S. The molecule has 112 valence electrons. The van der Waals surface area contributed by atoms with Gasteiger partial charge in [-0.3, -0.25) is 4.79 Å². The van der Waals surface area contributed by atoms with Gasteiger partial charge in [-0.25, -0.2) is 14.5 Å². The van der Waals surface area contributed by atoms with Crippen LogP contribution in [0, 0.1) is 5.92 Å². The summed E-state index contributed by atoms with van der Waals surface area (Å²) < 4.78 is 1.65. The minimum Gasteiger partial charge on any atom is -0.343 e. The highest BCUT2D eigenvalue weighted by molar-refractivity contribution is 7.12. The summed E-state index contributed by atoms with van der Waals surface area (Å²) >= 11 is 1.53.